The predicted octanol–water partition coefficient (Wildman–Crippen LogP) is 2.83. The maximum Gasteiger partial charge on any atom is 0.243 e. The quantitative estimate of drug-likeness (QED) is 0.842. The van der Waals surface area contributed by atoms with E-state index in [0.29, 0.717) is 30.6 Å². The Kier molecular flexibility index (Phi) is 6.38. The molecule has 0 unspecified atom stereocenters. The molecule has 0 heterocycles. The lowest BCUT2D eigenvalue weighted by molar-refractivity contribution is 0.444. The van der Waals surface area contributed by atoms with Crippen LogP contribution in [0.25, 0.3) is 0 Å². The monoisotopic (exact) mass is 312 g/mol. The first-order chi connectivity index (χ1) is 9.73. The summed E-state index contributed by atoms with van der Waals surface area (Å²) in [5.74, 6) is 0. The van der Waals surface area contributed by atoms with Crippen molar-refractivity contribution >= 4 is 10.0 Å². The Morgan fingerprint density at radius 3 is 2.14 bits per heavy atom. The van der Waals surface area contributed by atoms with Gasteiger partial charge in [0.1, 0.15) is 0 Å². The third-order valence-corrected chi connectivity index (χ3v) is 5.85. The van der Waals surface area contributed by atoms with E-state index in [9.17, 15) is 8.42 Å². The zero-order chi connectivity index (χ0) is 16.2. The third-order valence-electron chi connectivity index (χ3n) is 3.66. The van der Waals surface area contributed by atoms with Gasteiger partial charge < -0.3 is 5.32 Å². The second-order valence-electron chi connectivity index (χ2n) is 5.67. The van der Waals surface area contributed by atoms with Crippen molar-refractivity contribution in [1.29, 1.82) is 0 Å². The van der Waals surface area contributed by atoms with Gasteiger partial charge in [0.05, 0.1) is 4.90 Å². The van der Waals surface area contributed by atoms with Crippen molar-refractivity contribution in [2.45, 2.75) is 59.0 Å². The Bertz CT molecular complexity index is 576. The van der Waals surface area contributed by atoms with Gasteiger partial charge in [0, 0.05) is 25.7 Å². The largest absolute Gasteiger partial charge is 0.310 e. The lowest BCUT2D eigenvalue weighted by atomic mass is 10.1. The molecule has 0 fully saturated rings. The van der Waals surface area contributed by atoms with Crippen molar-refractivity contribution < 1.29 is 8.42 Å². The van der Waals surface area contributed by atoms with E-state index in [-0.39, 0.29) is 0 Å². The molecule has 0 spiro atoms. The summed E-state index contributed by atoms with van der Waals surface area (Å²) in [7, 11) is -3.40. The van der Waals surface area contributed by atoms with E-state index in [0.717, 1.165) is 16.7 Å². The van der Waals surface area contributed by atoms with E-state index in [1.807, 2.05) is 39.8 Å². The summed E-state index contributed by atoms with van der Waals surface area (Å²) in [6, 6.07) is 4.16. The van der Waals surface area contributed by atoms with Crippen LogP contribution in [-0.4, -0.2) is 31.9 Å². The minimum absolute atomic E-state index is 0.369. The molecule has 0 atom stereocenters. The number of benzene rings is 1. The summed E-state index contributed by atoms with van der Waals surface area (Å²) in [4.78, 5) is 0.428. The average Bonchev–Trinajstić information content (AvgIpc) is 2.38. The molecule has 5 heteroatoms. The van der Waals surface area contributed by atoms with Crippen LogP contribution in [0.3, 0.4) is 0 Å². The molecule has 21 heavy (non-hydrogen) atoms. The van der Waals surface area contributed by atoms with Gasteiger partial charge >= 0.3 is 0 Å². The van der Waals surface area contributed by atoms with Gasteiger partial charge in [0.25, 0.3) is 0 Å². The number of nitrogens with zero attached hydrogens (tertiary/aromatic N) is 1. The maximum atomic E-state index is 12.7. The molecule has 0 saturated heterocycles. The smallest absolute Gasteiger partial charge is 0.243 e. The molecule has 1 rings (SSSR count). The van der Waals surface area contributed by atoms with Crippen molar-refractivity contribution in [2.75, 3.05) is 13.1 Å². The molecular formula is C16H28N2O2S. The van der Waals surface area contributed by atoms with Gasteiger partial charge in [-0.15, -0.1) is 0 Å². The highest BCUT2D eigenvalue weighted by atomic mass is 32.2. The molecule has 1 aromatic rings. The molecule has 0 aromatic heterocycles. The molecule has 0 aliphatic heterocycles. The standard InChI is InChI=1S/C16H28N2O2S/c1-7-18(8-2)21(19,20)16-10-15(11-17-12(3)4)13(5)9-14(16)6/h9-10,12,17H,7-8,11H2,1-6H3. The Morgan fingerprint density at radius 1 is 1.10 bits per heavy atom. The fraction of sp³-hybridized carbons (Fsp3) is 0.625. The van der Waals surface area contributed by atoms with Crippen LogP contribution in [0.1, 0.15) is 44.4 Å². The van der Waals surface area contributed by atoms with Gasteiger partial charge in [0.15, 0.2) is 0 Å². The molecular weight excluding hydrogens is 284 g/mol. The molecule has 0 saturated carbocycles. The first-order valence-corrected chi connectivity index (χ1v) is 9.01. The summed E-state index contributed by atoms with van der Waals surface area (Å²) in [6.07, 6.45) is 0. The summed E-state index contributed by atoms with van der Waals surface area (Å²) < 4.78 is 26.9. The number of hydrogen-bond donors (Lipinski definition) is 1. The fourth-order valence-electron chi connectivity index (χ4n) is 2.36. The van der Waals surface area contributed by atoms with Crippen LogP contribution in [0.15, 0.2) is 17.0 Å². The summed E-state index contributed by atoms with van der Waals surface area (Å²) >= 11 is 0. The molecule has 120 valence electrons. The van der Waals surface area contributed by atoms with Crippen LogP contribution >= 0.6 is 0 Å². The summed E-state index contributed by atoms with van der Waals surface area (Å²) in [5, 5.41) is 3.35. The molecule has 1 N–H and O–H groups in total. The SMILES string of the molecule is CCN(CC)S(=O)(=O)c1cc(CNC(C)C)c(C)cc1C. The number of sulfonamides is 1. The van der Waals surface area contributed by atoms with Crippen molar-refractivity contribution in [3.8, 4) is 0 Å². The highest BCUT2D eigenvalue weighted by Gasteiger charge is 2.24. The van der Waals surface area contributed by atoms with E-state index in [1.54, 1.807) is 0 Å². The van der Waals surface area contributed by atoms with Crippen molar-refractivity contribution in [1.82, 2.24) is 9.62 Å². The van der Waals surface area contributed by atoms with Crippen LogP contribution in [-0.2, 0) is 16.6 Å². The van der Waals surface area contributed by atoms with Crippen LogP contribution in [0.4, 0.5) is 0 Å². The van der Waals surface area contributed by atoms with E-state index in [4.69, 9.17) is 0 Å². The number of hydrogen-bond acceptors (Lipinski definition) is 3. The second kappa shape index (κ2) is 7.38. The normalized spacial score (nSPS) is 12.4. The average molecular weight is 312 g/mol. The first kappa shape index (κ1) is 18.1. The summed E-state index contributed by atoms with van der Waals surface area (Å²) in [6.45, 7) is 13.5. The zero-order valence-electron chi connectivity index (χ0n) is 14.0. The Balaban J connectivity index is 3.27. The number of nitrogens with one attached hydrogen (secondary N) is 1. The van der Waals surface area contributed by atoms with Crippen LogP contribution in [0.5, 0.6) is 0 Å². The van der Waals surface area contributed by atoms with E-state index in [1.165, 1.54) is 4.31 Å². The van der Waals surface area contributed by atoms with Crippen LogP contribution in [0, 0.1) is 13.8 Å². The molecule has 0 aliphatic carbocycles. The Hall–Kier alpha value is -0.910. The zero-order valence-corrected chi connectivity index (χ0v) is 14.8. The highest BCUT2D eigenvalue weighted by molar-refractivity contribution is 7.89. The molecule has 1 aromatic carbocycles. The van der Waals surface area contributed by atoms with Crippen LogP contribution in [0.2, 0.25) is 0 Å². The van der Waals surface area contributed by atoms with Gasteiger partial charge in [-0.2, -0.15) is 4.31 Å². The van der Waals surface area contributed by atoms with Crippen molar-refractivity contribution in [3.63, 3.8) is 0 Å². The third kappa shape index (κ3) is 4.28. The lowest BCUT2D eigenvalue weighted by Crippen LogP contribution is -2.31. The van der Waals surface area contributed by atoms with Gasteiger partial charge in [-0.3, -0.25) is 0 Å². The molecule has 0 radical (unpaired) electrons. The fourth-order valence-corrected chi connectivity index (χ4v) is 4.07. The molecule has 4 nitrogen and oxygen atoms in total. The number of rotatable bonds is 7. The molecule has 0 bridgehead atoms. The Labute approximate surface area is 129 Å². The minimum Gasteiger partial charge on any atom is -0.310 e. The van der Waals surface area contributed by atoms with Gasteiger partial charge in [-0.05, 0) is 36.6 Å². The summed E-state index contributed by atoms with van der Waals surface area (Å²) in [5.41, 5.74) is 2.98. The van der Waals surface area contributed by atoms with Gasteiger partial charge in [-0.25, -0.2) is 8.42 Å². The van der Waals surface area contributed by atoms with Crippen molar-refractivity contribution in [3.05, 3.63) is 28.8 Å². The van der Waals surface area contributed by atoms with Crippen molar-refractivity contribution in [2.24, 2.45) is 0 Å². The Morgan fingerprint density at radius 2 is 1.67 bits per heavy atom. The minimum atomic E-state index is -3.40. The van der Waals surface area contributed by atoms with Gasteiger partial charge in [-0.1, -0.05) is 33.8 Å². The van der Waals surface area contributed by atoms with Gasteiger partial charge in [0.2, 0.25) is 10.0 Å². The van der Waals surface area contributed by atoms with Crippen LogP contribution < -0.4 is 5.32 Å². The highest BCUT2D eigenvalue weighted by Crippen LogP contribution is 2.23. The topological polar surface area (TPSA) is 49.4 Å². The molecule has 0 amide bonds. The predicted molar refractivity (Wildman–Crippen MR) is 88.0 cm³/mol. The lowest BCUT2D eigenvalue weighted by Gasteiger charge is -2.21. The van der Waals surface area contributed by atoms with E-state index < -0.39 is 10.0 Å². The molecule has 0 aliphatic rings. The number of aryl methyl sites for hydroxylation is 2. The van der Waals surface area contributed by atoms with E-state index in [2.05, 4.69) is 19.2 Å². The maximum absolute atomic E-state index is 12.7. The second-order valence-corrected chi connectivity index (χ2v) is 7.58. The first-order valence-electron chi connectivity index (χ1n) is 7.57. The van der Waals surface area contributed by atoms with E-state index >= 15 is 0 Å².